The molecule has 0 spiro atoms. The zero-order chi connectivity index (χ0) is 26.6. The molecular formula is C25H19F3N4O5. The topological polar surface area (TPSA) is 109 Å². The number of nitro groups is 1. The SMILES string of the molecule is Cc1c(Oc2ccc(Cn3nccn3)cc2C(F)(F)F)ccc([N+](=O)[O-])c1C(=O)OCc1ccccc1. The molecule has 0 aliphatic rings. The summed E-state index contributed by atoms with van der Waals surface area (Å²) in [6, 6.07) is 14.3. The number of hydrogen-bond donors (Lipinski definition) is 0. The van der Waals surface area contributed by atoms with E-state index in [9.17, 15) is 28.1 Å². The molecule has 0 atom stereocenters. The second-order valence-corrected chi connectivity index (χ2v) is 7.89. The van der Waals surface area contributed by atoms with Crippen molar-refractivity contribution in [2.45, 2.75) is 26.3 Å². The third kappa shape index (κ3) is 5.92. The maximum absolute atomic E-state index is 13.9. The van der Waals surface area contributed by atoms with Crippen LogP contribution in [-0.4, -0.2) is 25.9 Å². The number of ether oxygens (including phenoxy) is 2. The first kappa shape index (κ1) is 25.4. The Morgan fingerprint density at radius 2 is 1.68 bits per heavy atom. The molecule has 1 aromatic heterocycles. The Kier molecular flexibility index (Phi) is 7.18. The van der Waals surface area contributed by atoms with Gasteiger partial charge in [0.2, 0.25) is 0 Å². The van der Waals surface area contributed by atoms with Crippen molar-refractivity contribution in [1.29, 1.82) is 0 Å². The molecule has 4 aromatic rings. The Hall–Kier alpha value is -4.74. The van der Waals surface area contributed by atoms with Gasteiger partial charge in [0.25, 0.3) is 5.69 Å². The lowest BCUT2D eigenvalue weighted by Crippen LogP contribution is -2.12. The van der Waals surface area contributed by atoms with E-state index in [1.807, 2.05) is 0 Å². The largest absolute Gasteiger partial charge is 0.457 e. The highest BCUT2D eigenvalue weighted by atomic mass is 19.4. The normalized spacial score (nSPS) is 11.2. The number of aromatic nitrogens is 3. The number of nitrogens with zero attached hydrogens (tertiary/aromatic N) is 4. The molecule has 3 aromatic carbocycles. The second-order valence-electron chi connectivity index (χ2n) is 7.89. The minimum Gasteiger partial charge on any atom is -0.457 e. The number of halogens is 3. The molecule has 0 amide bonds. The number of carbonyl (C=O) groups excluding carboxylic acids is 1. The molecule has 0 bridgehead atoms. The second kappa shape index (κ2) is 10.5. The number of hydrogen-bond acceptors (Lipinski definition) is 7. The number of benzene rings is 3. The van der Waals surface area contributed by atoms with Crippen LogP contribution in [0.5, 0.6) is 11.5 Å². The number of rotatable bonds is 8. The molecule has 0 unspecified atom stereocenters. The van der Waals surface area contributed by atoms with E-state index < -0.39 is 39.6 Å². The predicted molar refractivity (Wildman–Crippen MR) is 124 cm³/mol. The highest BCUT2D eigenvalue weighted by Gasteiger charge is 2.35. The van der Waals surface area contributed by atoms with E-state index in [1.165, 1.54) is 30.2 Å². The van der Waals surface area contributed by atoms with Crippen LogP contribution in [0, 0.1) is 17.0 Å². The summed E-state index contributed by atoms with van der Waals surface area (Å²) < 4.78 is 52.4. The minimum absolute atomic E-state index is 0.00429. The van der Waals surface area contributed by atoms with Crippen molar-refractivity contribution in [2.24, 2.45) is 0 Å². The zero-order valence-electron chi connectivity index (χ0n) is 19.3. The molecule has 0 radical (unpaired) electrons. The number of alkyl halides is 3. The first-order valence-electron chi connectivity index (χ1n) is 10.8. The number of carbonyl (C=O) groups is 1. The summed E-state index contributed by atoms with van der Waals surface area (Å²) in [5, 5.41) is 19.3. The van der Waals surface area contributed by atoms with E-state index in [0.717, 1.165) is 24.3 Å². The monoisotopic (exact) mass is 512 g/mol. The molecule has 0 N–H and O–H groups in total. The van der Waals surface area contributed by atoms with Gasteiger partial charge in [-0.25, -0.2) is 4.79 Å². The number of nitro benzene ring substituents is 1. The summed E-state index contributed by atoms with van der Waals surface area (Å²) in [5.74, 6) is -1.70. The quantitative estimate of drug-likeness (QED) is 0.169. The van der Waals surface area contributed by atoms with Gasteiger partial charge in [-0.3, -0.25) is 10.1 Å². The first-order chi connectivity index (χ1) is 17.6. The summed E-state index contributed by atoms with van der Waals surface area (Å²) >= 11 is 0. The maximum Gasteiger partial charge on any atom is 0.419 e. The van der Waals surface area contributed by atoms with Gasteiger partial charge in [0, 0.05) is 11.6 Å². The average Bonchev–Trinajstić information content (AvgIpc) is 3.37. The third-order valence-electron chi connectivity index (χ3n) is 5.37. The van der Waals surface area contributed by atoms with Crippen LogP contribution in [0.1, 0.15) is 32.6 Å². The fourth-order valence-corrected chi connectivity index (χ4v) is 3.59. The lowest BCUT2D eigenvalue weighted by molar-refractivity contribution is -0.385. The summed E-state index contributed by atoms with van der Waals surface area (Å²) in [7, 11) is 0. The lowest BCUT2D eigenvalue weighted by Gasteiger charge is -2.17. The van der Waals surface area contributed by atoms with E-state index in [1.54, 1.807) is 30.3 Å². The lowest BCUT2D eigenvalue weighted by atomic mass is 10.0. The van der Waals surface area contributed by atoms with Gasteiger partial charge in [-0.2, -0.15) is 28.2 Å². The van der Waals surface area contributed by atoms with Crippen molar-refractivity contribution in [1.82, 2.24) is 15.0 Å². The smallest absolute Gasteiger partial charge is 0.419 e. The van der Waals surface area contributed by atoms with Crippen LogP contribution in [0.2, 0.25) is 0 Å². The molecular weight excluding hydrogens is 493 g/mol. The van der Waals surface area contributed by atoms with Crippen LogP contribution >= 0.6 is 0 Å². The molecule has 4 rings (SSSR count). The van der Waals surface area contributed by atoms with Gasteiger partial charge in [0.1, 0.15) is 23.7 Å². The standard InChI is InChI=1S/C25H19F3N4O5/c1-16-21(10-8-20(32(34)35)23(16)24(33)36-15-17-5-3-2-4-6-17)37-22-9-7-18(13-19(22)25(26,27)28)14-31-29-11-12-30-31/h2-13H,14-15H2,1H3. The Balaban J connectivity index is 1.66. The van der Waals surface area contributed by atoms with Crippen LogP contribution in [0.25, 0.3) is 0 Å². The van der Waals surface area contributed by atoms with Gasteiger partial charge < -0.3 is 9.47 Å². The molecule has 0 saturated heterocycles. The predicted octanol–water partition coefficient (Wildman–Crippen LogP) is 5.71. The Morgan fingerprint density at radius 3 is 2.32 bits per heavy atom. The van der Waals surface area contributed by atoms with Gasteiger partial charge in [0.05, 0.1) is 29.4 Å². The molecule has 0 saturated carbocycles. The van der Waals surface area contributed by atoms with Crippen LogP contribution in [-0.2, 0) is 24.1 Å². The summed E-state index contributed by atoms with van der Waals surface area (Å²) in [5.41, 5.74) is -1.13. The highest BCUT2D eigenvalue weighted by molar-refractivity contribution is 5.96. The first-order valence-corrected chi connectivity index (χ1v) is 10.8. The van der Waals surface area contributed by atoms with Crippen molar-refractivity contribution in [2.75, 3.05) is 0 Å². The van der Waals surface area contributed by atoms with Crippen molar-refractivity contribution in [3.8, 4) is 11.5 Å². The fraction of sp³-hybridized carbons (Fsp3) is 0.160. The van der Waals surface area contributed by atoms with Crippen LogP contribution in [0.4, 0.5) is 18.9 Å². The average molecular weight is 512 g/mol. The molecule has 0 aliphatic carbocycles. The molecule has 1 heterocycles. The van der Waals surface area contributed by atoms with Gasteiger partial charge in [-0.1, -0.05) is 36.4 Å². The minimum atomic E-state index is -4.77. The molecule has 0 fully saturated rings. The Labute approximate surface area is 208 Å². The van der Waals surface area contributed by atoms with Crippen LogP contribution in [0.15, 0.2) is 73.1 Å². The molecule has 12 heteroatoms. The molecule has 190 valence electrons. The van der Waals surface area contributed by atoms with E-state index in [0.29, 0.717) is 5.56 Å². The zero-order valence-corrected chi connectivity index (χ0v) is 19.3. The van der Waals surface area contributed by atoms with E-state index in [-0.39, 0.29) is 30.0 Å². The highest BCUT2D eigenvalue weighted by Crippen LogP contribution is 2.41. The summed E-state index contributed by atoms with van der Waals surface area (Å²) in [6.45, 7) is 1.20. The van der Waals surface area contributed by atoms with Crippen molar-refractivity contribution in [3.05, 3.63) is 111 Å². The maximum atomic E-state index is 13.9. The van der Waals surface area contributed by atoms with E-state index in [2.05, 4.69) is 10.2 Å². The van der Waals surface area contributed by atoms with E-state index in [4.69, 9.17) is 9.47 Å². The van der Waals surface area contributed by atoms with Crippen LogP contribution in [0.3, 0.4) is 0 Å². The van der Waals surface area contributed by atoms with Gasteiger partial charge in [-0.15, -0.1) is 0 Å². The Morgan fingerprint density at radius 1 is 1.00 bits per heavy atom. The van der Waals surface area contributed by atoms with Crippen molar-refractivity contribution in [3.63, 3.8) is 0 Å². The molecule has 0 aliphatic heterocycles. The van der Waals surface area contributed by atoms with Crippen molar-refractivity contribution < 1.29 is 32.4 Å². The number of esters is 1. The van der Waals surface area contributed by atoms with E-state index >= 15 is 0 Å². The van der Waals surface area contributed by atoms with Gasteiger partial charge in [0.15, 0.2) is 0 Å². The summed E-state index contributed by atoms with van der Waals surface area (Å²) in [6.07, 6.45) is -1.96. The van der Waals surface area contributed by atoms with Gasteiger partial charge >= 0.3 is 12.1 Å². The summed E-state index contributed by atoms with van der Waals surface area (Å²) in [4.78, 5) is 24.8. The Bertz CT molecular complexity index is 1420. The molecule has 9 nitrogen and oxygen atoms in total. The third-order valence-corrected chi connectivity index (χ3v) is 5.37. The fourth-order valence-electron chi connectivity index (χ4n) is 3.59. The van der Waals surface area contributed by atoms with Crippen molar-refractivity contribution >= 4 is 11.7 Å². The van der Waals surface area contributed by atoms with Crippen LogP contribution < -0.4 is 4.74 Å². The molecule has 37 heavy (non-hydrogen) atoms. The van der Waals surface area contributed by atoms with Gasteiger partial charge in [-0.05, 0) is 36.2 Å².